The van der Waals surface area contributed by atoms with E-state index in [-0.39, 0.29) is 5.82 Å². The van der Waals surface area contributed by atoms with Gasteiger partial charge in [0.2, 0.25) is 0 Å². The number of nitriles is 1. The molecule has 0 radical (unpaired) electrons. The second-order valence-corrected chi connectivity index (χ2v) is 6.50. The van der Waals surface area contributed by atoms with Crippen molar-refractivity contribution in [1.29, 1.82) is 5.26 Å². The largest absolute Gasteiger partial charge is 0.371 e. The highest BCUT2D eigenvalue weighted by atomic mass is 35.5. The van der Waals surface area contributed by atoms with Crippen molar-refractivity contribution in [3.8, 4) is 6.07 Å². The van der Waals surface area contributed by atoms with Crippen molar-refractivity contribution in [3.05, 3.63) is 64.4 Å². The molecule has 1 fully saturated rings. The van der Waals surface area contributed by atoms with Gasteiger partial charge in [-0.1, -0.05) is 51.4 Å². The van der Waals surface area contributed by atoms with Crippen LogP contribution in [0.15, 0.2) is 42.5 Å². The molecule has 1 heterocycles. The van der Waals surface area contributed by atoms with Crippen molar-refractivity contribution in [2.24, 2.45) is 5.92 Å². The fourth-order valence-electron chi connectivity index (χ4n) is 2.68. The molecule has 0 N–H and O–H groups in total. The van der Waals surface area contributed by atoms with E-state index >= 15 is 0 Å². The van der Waals surface area contributed by atoms with Crippen LogP contribution in [0.25, 0.3) is 0 Å². The summed E-state index contributed by atoms with van der Waals surface area (Å²) in [7, 11) is 0. The molecule has 2 aromatic rings. The van der Waals surface area contributed by atoms with Crippen LogP contribution >= 0.6 is 11.6 Å². The maximum Gasteiger partial charge on any atom is 0.123 e. The third-order valence-electron chi connectivity index (χ3n) is 4.18. The molecule has 1 atom stereocenters. The third kappa shape index (κ3) is 6.69. The predicted octanol–water partition coefficient (Wildman–Crippen LogP) is 6.47. The summed E-state index contributed by atoms with van der Waals surface area (Å²) in [6.07, 6.45) is 2.21. The number of halogens is 2. The van der Waals surface area contributed by atoms with Crippen LogP contribution in [0.4, 0.5) is 10.1 Å². The lowest BCUT2D eigenvalue weighted by Gasteiger charge is -2.18. The first kappa shape index (κ1) is 22.0. The first-order valence-corrected chi connectivity index (χ1v) is 9.60. The molecule has 2 nitrogen and oxygen atoms in total. The van der Waals surface area contributed by atoms with Gasteiger partial charge in [-0.25, -0.2) is 4.39 Å². The lowest BCUT2D eigenvalue weighted by molar-refractivity contribution is 0.627. The number of anilines is 1. The van der Waals surface area contributed by atoms with E-state index in [2.05, 4.69) is 17.9 Å². The molecule has 2 aromatic carbocycles. The van der Waals surface area contributed by atoms with Crippen LogP contribution in [0.3, 0.4) is 0 Å². The molecular formula is C22H28ClFN2. The fraction of sp³-hybridized carbons (Fsp3) is 0.409. The minimum absolute atomic E-state index is 0.160. The smallest absolute Gasteiger partial charge is 0.123 e. The molecule has 0 saturated carbocycles. The maximum atomic E-state index is 12.2. The van der Waals surface area contributed by atoms with Gasteiger partial charge in [0.05, 0.1) is 10.6 Å². The first-order chi connectivity index (χ1) is 12.5. The van der Waals surface area contributed by atoms with Gasteiger partial charge >= 0.3 is 0 Å². The molecule has 1 saturated heterocycles. The Morgan fingerprint density at radius 2 is 1.85 bits per heavy atom. The highest BCUT2D eigenvalue weighted by molar-refractivity contribution is 6.32. The molecule has 0 bridgehead atoms. The lowest BCUT2D eigenvalue weighted by Crippen LogP contribution is -2.18. The Balaban J connectivity index is 0.000000263. The van der Waals surface area contributed by atoms with Crippen molar-refractivity contribution in [1.82, 2.24) is 0 Å². The van der Waals surface area contributed by atoms with Gasteiger partial charge in [0.1, 0.15) is 11.9 Å². The summed E-state index contributed by atoms with van der Waals surface area (Å²) in [6, 6.07) is 14.3. The van der Waals surface area contributed by atoms with E-state index in [1.807, 2.05) is 32.9 Å². The Morgan fingerprint density at radius 1 is 1.19 bits per heavy atom. The molecule has 26 heavy (non-hydrogen) atoms. The van der Waals surface area contributed by atoms with Gasteiger partial charge in [-0.05, 0) is 54.7 Å². The van der Waals surface area contributed by atoms with Gasteiger partial charge in [-0.2, -0.15) is 5.26 Å². The van der Waals surface area contributed by atoms with E-state index in [1.54, 1.807) is 18.2 Å². The van der Waals surface area contributed by atoms with Crippen molar-refractivity contribution in [2.75, 3.05) is 18.0 Å². The topological polar surface area (TPSA) is 27.0 Å². The minimum atomic E-state index is -0.160. The van der Waals surface area contributed by atoms with Crippen LogP contribution in [0, 0.1) is 23.1 Å². The molecule has 0 aromatic heterocycles. The summed E-state index contributed by atoms with van der Waals surface area (Å²) in [6.45, 7) is 10.5. The summed E-state index contributed by atoms with van der Waals surface area (Å²) in [4.78, 5) is 2.32. The third-order valence-corrected chi connectivity index (χ3v) is 4.50. The average molecular weight is 375 g/mol. The van der Waals surface area contributed by atoms with Crippen LogP contribution in [-0.2, 0) is 6.42 Å². The van der Waals surface area contributed by atoms with E-state index in [0.717, 1.165) is 31.1 Å². The normalized spacial score (nSPS) is 15.3. The van der Waals surface area contributed by atoms with E-state index in [0.29, 0.717) is 10.6 Å². The molecule has 0 amide bonds. The Kier molecular flexibility index (Phi) is 9.76. The number of hydrogen-bond acceptors (Lipinski definition) is 2. The molecule has 1 aliphatic rings. The SMILES string of the molecule is CC.CCc1ccc(F)cc1.C[C@@H]1CCN(c2ccc(C#N)c(Cl)c2)C1. The van der Waals surface area contributed by atoms with Crippen molar-refractivity contribution in [2.45, 2.75) is 40.5 Å². The summed E-state index contributed by atoms with van der Waals surface area (Å²) < 4.78 is 12.2. The van der Waals surface area contributed by atoms with Crippen molar-refractivity contribution < 1.29 is 4.39 Å². The number of nitrogens with zero attached hydrogens (tertiary/aromatic N) is 2. The monoisotopic (exact) mass is 374 g/mol. The number of aryl methyl sites for hydroxylation is 1. The van der Waals surface area contributed by atoms with E-state index in [1.165, 1.54) is 24.1 Å². The number of hydrogen-bond donors (Lipinski definition) is 0. The number of rotatable bonds is 2. The van der Waals surface area contributed by atoms with Gasteiger partial charge in [0.15, 0.2) is 0 Å². The summed E-state index contributed by atoms with van der Waals surface area (Å²) in [5.41, 5.74) is 2.85. The van der Waals surface area contributed by atoms with Gasteiger partial charge in [-0.15, -0.1) is 0 Å². The van der Waals surface area contributed by atoms with E-state index < -0.39 is 0 Å². The Hall–Kier alpha value is -2.05. The Bertz CT molecular complexity index is 707. The molecule has 0 unspecified atom stereocenters. The second-order valence-electron chi connectivity index (χ2n) is 6.10. The second kappa shape index (κ2) is 11.5. The molecular weight excluding hydrogens is 347 g/mol. The zero-order valence-corrected chi connectivity index (χ0v) is 16.9. The van der Waals surface area contributed by atoms with Crippen molar-refractivity contribution in [3.63, 3.8) is 0 Å². The molecule has 0 spiro atoms. The molecule has 3 rings (SSSR count). The van der Waals surface area contributed by atoms with Crippen molar-refractivity contribution >= 4 is 17.3 Å². The predicted molar refractivity (Wildman–Crippen MR) is 109 cm³/mol. The van der Waals surface area contributed by atoms with Gasteiger partial charge in [0, 0.05) is 18.8 Å². The standard InChI is InChI=1S/C12H13ClN2.C8H9F.C2H6/c1-9-4-5-15(8-9)11-3-2-10(7-14)12(13)6-11;1-2-7-3-5-8(9)6-4-7;1-2/h2-3,6,9H,4-5,8H2,1H3;3-6H,2H2,1H3;1-2H3/t9-;;/m1../s1. The molecule has 140 valence electrons. The highest BCUT2D eigenvalue weighted by Crippen LogP contribution is 2.27. The highest BCUT2D eigenvalue weighted by Gasteiger charge is 2.19. The van der Waals surface area contributed by atoms with Gasteiger partial charge < -0.3 is 4.90 Å². The van der Waals surface area contributed by atoms with Crippen LogP contribution < -0.4 is 4.90 Å². The molecule has 0 aliphatic carbocycles. The molecule has 4 heteroatoms. The summed E-state index contributed by atoms with van der Waals surface area (Å²) in [5.74, 6) is 0.589. The van der Waals surface area contributed by atoms with Crippen LogP contribution in [0.2, 0.25) is 5.02 Å². The quantitative estimate of drug-likeness (QED) is 0.602. The number of benzene rings is 2. The summed E-state index contributed by atoms with van der Waals surface area (Å²) >= 11 is 6.00. The van der Waals surface area contributed by atoms with Gasteiger partial charge in [-0.3, -0.25) is 0 Å². The zero-order valence-electron chi connectivity index (χ0n) is 16.1. The van der Waals surface area contributed by atoms with Gasteiger partial charge in [0.25, 0.3) is 0 Å². The van der Waals surface area contributed by atoms with Crippen LogP contribution in [0.5, 0.6) is 0 Å². The first-order valence-electron chi connectivity index (χ1n) is 9.22. The minimum Gasteiger partial charge on any atom is -0.371 e. The van der Waals surface area contributed by atoms with E-state index in [4.69, 9.17) is 16.9 Å². The summed E-state index contributed by atoms with van der Waals surface area (Å²) in [5, 5.41) is 9.32. The fourth-order valence-corrected chi connectivity index (χ4v) is 2.90. The van der Waals surface area contributed by atoms with Crippen LogP contribution in [0.1, 0.15) is 45.2 Å². The van der Waals surface area contributed by atoms with E-state index in [9.17, 15) is 4.39 Å². The average Bonchev–Trinajstić information content (AvgIpc) is 3.11. The van der Waals surface area contributed by atoms with Crippen LogP contribution in [-0.4, -0.2) is 13.1 Å². The Morgan fingerprint density at radius 3 is 2.31 bits per heavy atom. The zero-order chi connectivity index (χ0) is 19.5. The Labute approximate surface area is 162 Å². The maximum absolute atomic E-state index is 12.2. The lowest BCUT2D eigenvalue weighted by atomic mass is 10.2. The molecule has 1 aliphatic heterocycles.